The van der Waals surface area contributed by atoms with E-state index in [1.54, 1.807) is 12.1 Å². The Kier molecular flexibility index (Phi) is 5.39. The first-order valence-corrected chi connectivity index (χ1v) is 8.97. The molecular formula is C20H28N2O. The molecular weight excluding hydrogens is 284 g/mol. The molecule has 0 atom stereocenters. The van der Waals surface area contributed by atoms with Crippen LogP contribution in [-0.2, 0) is 13.0 Å². The van der Waals surface area contributed by atoms with Crippen LogP contribution in [0.15, 0.2) is 36.5 Å². The Balaban J connectivity index is 1.63. The van der Waals surface area contributed by atoms with Gasteiger partial charge in [-0.3, -0.25) is 0 Å². The fourth-order valence-electron chi connectivity index (χ4n) is 3.53. The van der Waals surface area contributed by atoms with E-state index in [1.807, 2.05) is 12.1 Å². The molecule has 1 aromatic heterocycles. The van der Waals surface area contributed by atoms with E-state index < -0.39 is 0 Å². The summed E-state index contributed by atoms with van der Waals surface area (Å²) in [4.78, 5) is 2.61. The van der Waals surface area contributed by atoms with Crippen LogP contribution < -0.4 is 0 Å². The maximum Gasteiger partial charge on any atom is 0.115 e. The topological polar surface area (TPSA) is 28.4 Å². The second-order valence-electron chi connectivity index (χ2n) is 6.57. The van der Waals surface area contributed by atoms with Gasteiger partial charge in [-0.15, -0.1) is 0 Å². The molecule has 1 N–H and O–H groups in total. The van der Waals surface area contributed by atoms with Crippen molar-refractivity contribution in [1.29, 1.82) is 0 Å². The van der Waals surface area contributed by atoms with E-state index in [-0.39, 0.29) is 0 Å². The molecule has 124 valence electrons. The lowest BCUT2D eigenvalue weighted by Crippen LogP contribution is -2.30. The Labute approximate surface area is 139 Å². The van der Waals surface area contributed by atoms with E-state index in [1.165, 1.54) is 62.1 Å². The van der Waals surface area contributed by atoms with Crippen molar-refractivity contribution in [2.75, 3.05) is 19.6 Å². The molecule has 3 rings (SSSR count). The summed E-state index contributed by atoms with van der Waals surface area (Å²) in [6, 6.07) is 9.82. The molecule has 0 amide bonds. The number of piperidine rings is 1. The number of phenols is 1. The average Bonchev–Trinajstić information content (AvgIpc) is 3.00. The van der Waals surface area contributed by atoms with Crippen LogP contribution in [0.5, 0.6) is 5.75 Å². The van der Waals surface area contributed by atoms with Crippen LogP contribution in [0.25, 0.3) is 11.3 Å². The quantitative estimate of drug-likeness (QED) is 0.861. The van der Waals surface area contributed by atoms with Crippen molar-refractivity contribution in [2.24, 2.45) is 0 Å². The minimum atomic E-state index is 0.324. The summed E-state index contributed by atoms with van der Waals surface area (Å²) in [6.45, 7) is 6.96. The Bertz CT molecular complexity index is 609. The normalized spacial score (nSPS) is 15.9. The minimum Gasteiger partial charge on any atom is -0.508 e. The van der Waals surface area contributed by atoms with Crippen LogP contribution in [-0.4, -0.2) is 34.2 Å². The molecule has 23 heavy (non-hydrogen) atoms. The number of aromatic hydroxyl groups is 1. The molecule has 2 heterocycles. The molecule has 0 aliphatic carbocycles. The molecule has 0 bridgehead atoms. The predicted octanol–water partition coefficient (Wildman–Crippen LogP) is 4.30. The number of hydrogen-bond donors (Lipinski definition) is 1. The summed E-state index contributed by atoms with van der Waals surface area (Å²) in [5.74, 6) is 0.324. The lowest BCUT2D eigenvalue weighted by Gasteiger charge is -2.26. The summed E-state index contributed by atoms with van der Waals surface area (Å²) in [5, 5.41) is 9.46. The third kappa shape index (κ3) is 4.17. The van der Waals surface area contributed by atoms with Crippen LogP contribution in [0.4, 0.5) is 0 Å². The molecule has 0 unspecified atom stereocenters. The molecule has 0 spiro atoms. The Morgan fingerprint density at radius 1 is 1.04 bits per heavy atom. The summed E-state index contributed by atoms with van der Waals surface area (Å²) in [6.07, 6.45) is 8.83. The van der Waals surface area contributed by atoms with Gasteiger partial charge in [-0.2, -0.15) is 0 Å². The SMILES string of the molecule is CCn1cc(CCCN2CCCCC2)cc1-c1ccc(O)cc1. The van der Waals surface area contributed by atoms with Gasteiger partial charge in [0.15, 0.2) is 0 Å². The molecule has 3 nitrogen and oxygen atoms in total. The smallest absolute Gasteiger partial charge is 0.115 e. The lowest BCUT2D eigenvalue weighted by atomic mass is 10.1. The first-order chi connectivity index (χ1) is 11.3. The highest BCUT2D eigenvalue weighted by molar-refractivity contribution is 5.62. The minimum absolute atomic E-state index is 0.324. The van der Waals surface area contributed by atoms with Crippen molar-refractivity contribution in [3.8, 4) is 17.0 Å². The van der Waals surface area contributed by atoms with Crippen LogP contribution in [0, 0.1) is 0 Å². The van der Waals surface area contributed by atoms with Gasteiger partial charge in [-0.1, -0.05) is 6.42 Å². The van der Waals surface area contributed by atoms with Crippen molar-refractivity contribution in [3.05, 3.63) is 42.1 Å². The van der Waals surface area contributed by atoms with Crippen molar-refractivity contribution < 1.29 is 5.11 Å². The van der Waals surface area contributed by atoms with Crippen molar-refractivity contribution in [2.45, 2.75) is 45.6 Å². The van der Waals surface area contributed by atoms with E-state index in [2.05, 4.69) is 28.7 Å². The van der Waals surface area contributed by atoms with Gasteiger partial charge in [0, 0.05) is 18.4 Å². The van der Waals surface area contributed by atoms with Crippen molar-refractivity contribution in [1.82, 2.24) is 9.47 Å². The largest absolute Gasteiger partial charge is 0.508 e. The zero-order chi connectivity index (χ0) is 16.1. The zero-order valence-corrected chi connectivity index (χ0v) is 14.2. The highest BCUT2D eigenvalue weighted by Gasteiger charge is 2.11. The first-order valence-electron chi connectivity index (χ1n) is 8.97. The Morgan fingerprint density at radius 3 is 2.48 bits per heavy atom. The molecule has 0 radical (unpaired) electrons. The first kappa shape index (κ1) is 16.1. The number of nitrogens with zero attached hydrogens (tertiary/aromatic N) is 2. The average molecular weight is 312 g/mol. The number of aromatic nitrogens is 1. The third-order valence-electron chi connectivity index (χ3n) is 4.85. The molecule has 1 aliphatic heterocycles. The predicted molar refractivity (Wildman–Crippen MR) is 95.8 cm³/mol. The second-order valence-corrected chi connectivity index (χ2v) is 6.57. The van der Waals surface area contributed by atoms with Gasteiger partial charge in [0.25, 0.3) is 0 Å². The maximum atomic E-state index is 9.46. The molecule has 1 fully saturated rings. The monoisotopic (exact) mass is 312 g/mol. The van der Waals surface area contributed by atoms with E-state index in [0.29, 0.717) is 5.75 Å². The van der Waals surface area contributed by atoms with E-state index >= 15 is 0 Å². The van der Waals surface area contributed by atoms with Gasteiger partial charge in [0.05, 0.1) is 0 Å². The van der Waals surface area contributed by atoms with Gasteiger partial charge < -0.3 is 14.6 Å². The standard InChI is InChI=1S/C20H28N2O/c1-2-22-16-17(7-6-14-21-12-4-3-5-13-21)15-20(22)18-8-10-19(23)11-9-18/h8-11,15-16,23H,2-7,12-14H2,1H3. The maximum absolute atomic E-state index is 9.46. The van der Waals surface area contributed by atoms with Crippen molar-refractivity contribution >= 4 is 0 Å². The number of likely N-dealkylation sites (tertiary alicyclic amines) is 1. The van der Waals surface area contributed by atoms with Gasteiger partial charge in [0.1, 0.15) is 5.75 Å². The fraction of sp³-hybridized carbons (Fsp3) is 0.500. The highest BCUT2D eigenvalue weighted by Crippen LogP contribution is 2.25. The van der Waals surface area contributed by atoms with Gasteiger partial charge >= 0.3 is 0 Å². The van der Waals surface area contributed by atoms with Gasteiger partial charge in [-0.05, 0) is 93.7 Å². The third-order valence-corrected chi connectivity index (χ3v) is 4.85. The highest BCUT2D eigenvalue weighted by atomic mass is 16.3. The molecule has 3 heteroatoms. The molecule has 1 aliphatic rings. The van der Waals surface area contributed by atoms with Crippen LogP contribution in [0.3, 0.4) is 0 Å². The van der Waals surface area contributed by atoms with E-state index in [9.17, 15) is 5.11 Å². The van der Waals surface area contributed by atoms with Crippen molar-refractivity contribution in [3.63, 3.8) is 0 Å². The van der Waals surface area contributed by atoms with Gasteiger partial charge in [-0.25, -0.2) is 0 Å². The number of hydrogen-bond acceptors (Lipinski definition) is 2. The number of phenolic OH excluding ortho intramolecular Hbond substituents is 1. The zero-order valence-electron chi connectivity index (χ0n) is 14.2. The van der Waals surface area contributed by atoms with Crippen LogP contribution >= 0.6 is 0 Å². The number of rotatable bonds is 6. The molecule has 2 aromatic rings. The van der Waals surface area contributed by atoms with Gasteiger partial charge in [0.2, 0.25) is 0 Å². The molecule has 1 aromatic carbocycles. The summed E-state index contributed by atoms with van der Waals surface area (Å²) >= 11 is 0. The Hall–Kier alpha value is -1.74. The fourth-order valence-corrected chi connectivity index (χ4v) is 3.53. The summed E-state index contributed by atoms with van der Waals surface area (Å²) in [7, 11) is 0. The second kappa shape index (κ2) is 7.69. The number of benzene rings is 1. The summed E-state index contributed by atoms with van der Waals surface area (Å²) < 4.78 is 2.31. The molecule has 0 saturated carbocycles. The van der Waals surface area contributed by atoms with E-state index in [4.69, 9.17) is 0 Å². The summed E-state index contributed by atoms with van der Waals surface area (Å²) in [5.41, 5.74) is 3.85. The lowest BCUT2D eigenvalue weighted by molar-refractivity contribution is 0.226. The Morgan fingerprint density at radius 2 is 1.78 bits per heavy atom. The molecule has 1 saturated heterocycles. The number of aryl methyl sites for hydroxylation is 2. The van der Waals surface area contributed by atoms with Crippen LogP contribution in [0.2, 0.25) is 0 Å². The van der Waals surface area contributed by atoms with E-state index in [0.717, 1.165) is 13.0 Å². The van der Waals surface area contributed by atoms with Crippen LogP contribution in [0.1, 0.15) is 38.2 Å².